The fourth-order valence-corrected chi connectivity index (χ4v) is 4.17. The summed E-state index contributed by atoms with van der Waals surface area (Å²) in [7, 11) is 3.41. The van der Waals surface area contributed by atoms with Crippen LogP contribution < -0.4 is 10.1 Å². The molecule has 1 aliphatic rings. The Morgan fingerprint density at radius 3 is 2.85 bits per heavy atom. The molecule has 1 aromatic heterocycles. The standard InChI is InChI=1S/C20H17BrN4O2/c1-10-9-23-20(26)18-14(10)5-11(6-16(18)27-3)19-17-12(8-22)4-13(21)7-15(17)24-25(19)2/h4-7,10H,9H2,1-3H3,(H,23,26)/t10-/m0/s1. The van der Waals surface area contributed by atoms with E-state index in [1.807, 2.05) is 25.2 Å². The largest absolute Gasteiger partial charge is 0.496 e. The van der Waals surface area contributed by atoms with Crippen molar-refractivity contribution in [2.75, 3.05) is 13.7 Å². The van der Waals surface area contributed by atoms with E-state index in [0.29, 0.717) is 23.4 Å². The molecule has 0 radical (unpaired) electrons. The Balaban J connectivity index is 2.06. The van der Waals surface area contributed by atoms with Gasteiger partial charge in [-0.25, -0.2) is 0 Å². The molecule has 0 aliphatic carbocycles. The zero-order valence-electron chi connectivity index (χ0n) is 15.1. The van der Waals surface area contributed by atoms with Gasteiger partial charge in [-0.3, -0.25) is 9.48 Å². The lowest BCUT2D eigenvalue weighted by molar-refractivity contribution is 0.0938. The van der Waals surface area contributed by atoms with Crippen molar-refractivity contribution in [1.29, 1.82) is 5.26 Å². The van der Waals surface area contributed by atoms with E-state index in [9.17, 15) is 10.1 Å². The molecular formula is C20H17BrN4O2. The van der Waals surface area contributed by atoms with Gasteiger partial charge in [-0.2, -0.15) is 10.4 Å². The number of fused-ring (bicyclic) bond motifs is 2. The van der Waals surface area contributed by atoms with Crippen LogP contribution in [0.5, 0.6) is 5.75 Å². The summed E-state index contributed by atoms with van der Waals surface area (Å²) in [6.07, 6.45) is 0. The first-order valence-corrected chi connectivity index (χ1v) is 9.30. The third-order valence-corrected chi connectivity index (χ3v) is 5.43. The Morgan fingerprint density at radius 1 is 1.37 bits per heavy atom. The number of carbonyl (C=O) groups excluding carboxylic acids is 1. The molecular weight excluding hydrogens is 408 g/mol. The molecule has 0 bridgehead atoms. The van der Waals surface area contributed by atoms with Gasteiger partial charge in [0.2, 0.25) is 0 Å². The minimum Gasteiger partial charge on any atom is -0.496 e. The van der Waals surface area contributed by atoms with Crippen molar-refractivity contribution >= 4 is 32.7 Å². The van der Waals surface area contributed by atoms with Crippen LogP contribution in [0.3, 0.4) is 0 Å². The van der Waals surface area contributed by atoms with Crippen molar-refractivity contribution < 1.29 is 9.53 Å². The summed E-state index contributed by atoms with van der Waals surface area (Å²) in [4.78, 5) is 12.4. The summed E-state index contributed by atoms with van der Waals surface area (Å²) in [5.41, 5.74) is 4.50. The van der Waals surface area contributed by atoms with E-state index >= 15 is 0 Å². The van der Waals surface area contributed by atoms with Crippen LogP contribution in [-0.2, 0) is 7.05 Å². The number of nitrogens with zero attached hydrogens (tertiary/aromatic N) is 3. The Labute approximate surface area is 164 Å². The van der Waals surface area contributed by atoms with Crippen LogP contribution in [0, 0.1) is 11.3 Å². The van der Waals surface area contributed by atoms with E-state index in [2.05, 4.69) is 39.3 Å². The number of aromatic nitrogens is 2. The van der Waals surface area contributed by atoms with Crippen molar-refractivity contribution in [2.24, 2.45) is 7.05 Å². The average molecular weight is 425 g/mol. The van der Waals surface area contributed by atoms with Gasteiger partial charge in [-0.1, -0.05) is 22.9 Å². The molecule has 2 heterocycles. The second-order valence-corrected chi connectivity index (χ2v) is 7.60. The summed E-state index contributed by atoms with van der Waals surface area (Å²) in [5.74, 6) is 0.565. The minimum atomic E-state index is -0.122. The lowest BCUT2D eigenvalue weighted by atomic mass is 9.88. The number of amides is 1. The second-order valence-electron chi connectivity index (χ2n) is 6.69. The van der Waals surface area contributed by atoms with E-state index in [4.69, 9.17) is 4.74 Å². The van der Waals surface area contributed by atoms with Crippen molar-refractivity contribution in [3.63, 3.8) is 0 Å². The second kappa shape index (κ2) is 6.39. The smallest absolute Gasteiger partial charge is 0.255 e. The number of carbonyl (C=O) groups is 1. The highest BCUT2D eigenvalue weighted by Gasteiger charge is 2.28. The third-order valence-electron chi connectivity index (χ3n) is 4.97. The van der Waals surface area contributed by atoms with Crippen LogP contribution in [0.25, 0.3) is 22.2 Å². The van der Waals surface area contributed by atoms with E-state index in [0.717, 1.165) is 32.2 Å². The predicted octanol–water partition coefficient (Wildman–Crippen LogP) is 3.73. The number of nitriles is 1. The van der Waals surface area contributed by atoms with Gasteiger partial charge in [0.1, 0.15) is 5.75 Å². The zero-order valence-corrected chi connectivity index (χ0v) is 16.7. The first-order valence-electron chi connectivity index (χ1n) is 8.51. The SMILES string of the molecule is COc1cc(-c2c3c(C#N)cc(Br)cc3nn2C)cc2c1C(=O)NC[C@@H]2C. The van der Waals surface area contributed by atoms with Gasteiger partial charge in [0.15, 0.2) is 0 Å². The molecule has 6 nitrogen and oxygen atoms in total. The highest BCUT2D eigenvalue weighted by atomic mass is 79.9. The number of hydrogen-bond donors (Lipinski definition) is 1. The molecule has 7 heteroatoms. The van der Waals surface area contributed by atoms with Gasteiger partial charge in [0.05, 0.1) is 35.5 Å². The molecule has 136 valence electrons. The van der Waals surface area contributed by atoms with Crippen molar-refractivity contribution in [2.45, 2.75) is 12.8 Å². The summed E-state index contributed by atoms with van der Waals surface area (Å²) >= 11 is 3.44. The molecule has 4 rings (SSSR count). The number of nitrogens with one attached hydrogen (secondary N) is 1. The number of rotatable bonds is 2. The molecule has 2 aromatic carbocycles. The molecule has 3 aromatic rings. The Hall–Kier alpha value is -2.85. The van der Waals surface area contributed by atoms with Crippen LogP contribution in [0.15, 0.2) is 28.7 Å². The van der Waals surface area contributed by atoms with Gasteiger partial charge >= 0.3 is 0 Å². The first-order chi connectivity index (χ1) is 12.9. The van der Waals surface area contributed by atoms with Gasteiger partial charge in [0, 0.05) is 29.0 Å². The van der Waals surface area contributed by atoms with Crippen LogP contribution in [-0.4, -0.2) is 29.3 Å². The molecule has 1 N–H and O–H groups in total. The number of ether oxygens (including phenoxy) is 1. The maximum Gasteiger partial charge on any atom is 0.255 e. The molecule has 1 amide bonds. The summed E-state index contributed by atoms with van der Waals surface area (Å²) in [5, 5.41) is 17.9. The highest BCUT2D eigenvalue weighted by Crippen LogP contribution is 2.39. The number of hydrogen-bond acceptors (Lipinski definition) is 4. The van der Waals surface area contributed by atoms with E-state index < -0.39 is 0 Å². The Kier molecular flexibility index (Phi) is 4.16. The third kappa shape index (κ3) is 2.68. The van der Waals surface area contributed by atoms with E-state index in [1.165, 1.54) is 0 Å². The first kappa shape index (κ1) is 17.6. The van der Waals surface area contributed by atoms with E-state index in [-0.39, 0.29) is 11.8 Å². The Morgan fingerprint density at radius 2 is 2.15 bits per heavy atom. The normalized spacial score (nSPS) is 16.0. The predicted molar refractivity (Wildman–Crippen MR) is 106 cm³/mol. The average Bonchev–Trinajstić information content (AvgIpc) is 2.98. The number of halogens is 1. The number of methoxy groups -OCH3 is 1. The maximum absolute atomic E-state index is 12.4. The molecule has 0 saturated carbocycles. The van der Waals surface area contributed by atoms with Crippen molar-refractivity contribution in [1.82, 2.24) is 15.1 Å². The highest BCUT2D eigenvalue weighted by molar-refractivity contribution is 9.10. The molecule has 0 fully saturated rings. The Bertz CT molecular complexity index is 1140. The van der Waals surface area contributed by atoms with Gasteiger partial charge in [-0.15, -0.1) is 0 Å². The maximum atomic E-state index is 12.4. The molecule has 0 unspecified atom stereocenters. The summed E-state index contributed by atoms with van der Waals surface area (Å²) in [6, 6.07) is 9.81. The molecule has 1 aliphatic heterocycles. The monoisotopic (exact) mass is 424 g/mol. The number of benzene rings is 2. The van der Waals surface area contributed by atoms with Crippen LogP contribution in [0.2, 0.25) is 0 Å². The van der Waals surface area contributed by atoms with Crippen LogP contribution in [0.4, 0.5) is 0 Å². The van der Waals surface area contributed by atoms with Crippen molar-refractivity contribution in [3.05, 3.63) is 45.4 Å². The molecule has 0 saturated heterocycles. The van der Waals surface area contributed by atoms with Gasteiger partial charge in [0.25, 0.3) is 5.91 Å². The van der Waals surface area contributed by atoms with Crippen LogP contribution >= 0.6 is 15.9 Å². The van der Waals surface area contributed by atoms with Gasteiger partial charge < -0.3 is 10.1 Å². The minimum absolute atomic E-state index is 0.122. The van der Waals surface area contributed by atoms with Gasteiger partial charge in [-0.05, 0) is 35.7 Å². The zero-order chi connectivity index (χ0) is 19.3. The van der Waals surface area contributed by atoms with Crippen LogP contribution in [0.1, 0.15) is 34.3 Å². The fraction of sp³-hybridized carbons (Fsp3) is 0.250. The molecule has 1 atom stereocenters. The quantitative estimate of drug-likeness (QED) is 0.679. The summed E-state index contributed by atoms with van der Waals surface area (Å²) in [6.45, 7) is 2.65. The summed E-state index contributed by atoms with van der Waals surface area (Å²) < 4.78 is 8.11. The van der Waals surface area contributed by atoms with E-state index in [1.54, 1.807) is 17.9 Å². The fourth-order valence-electron chi connectivity index (χ4n) is 3.72. The lowest BCUT2D eigenvalue weighted by Crippen LogP contribution is -2.34. The topological polar surface area (TPSA) is 79.9 Å². The molecule has 0 spiro atoms. The molecule has 27 heavy (non-hydrogen) atoms. The lowest BCUT2D eigenvalue weighted by Gasteiger charge is -2.25. The number of aryl methyl sites for hydroxylation is 1. The van der Waals surface area contributed by atoms with Crippen molar-refractivity contribution in [3.8, 4) is 23.1 Å².